The number of ketones is 1. The zero-order chi connectivity index (χ0) is 36.4. The van der Waals surface area contributed by atoms with Gasteiger partial charge in [0, 0.05) is 45.6 Å². The molecule has 0 amide bonds. The largest absolute Gasteiger partial charge is 0.464 e. The summed E-state index contributed by atoms with van der Waals surface area (Å²) in [4.78, 5) is 41.3. The Balaban J connectivity index is 1.30. The van der Waals surface area contributed by atoms with E-state index in [0.29, 0.717) is 58.1 Å². The predicted octanol–water partition coefficient (Wildman–Crippen LogP) is 9.02. The fourth-order valence-corrected chi connectivity index (χ4v) is 7.57. The van der Waals surface area contributed by atoms with Crippen LogP contribution in [-0.2, 0) is 35.0 Å². The van der Waals surface area contributed by atoms with Crippen molar-refractivity contribution in [3.05, 3.63) is 155 Å². The number of ether oxygens (including phenoxy) is 4. The van der Waals surface area contributed by atoms with Crippen LogP contribution in [0.1, 0.15) is 84.5 Å². The van der Waals surface area contributed by atoms with E-state index in [1.165, 1.54) is 6.26 Å². The minimum Gasteiger partial charge on any atom is -0.464 e. The minimum absolute atomic E-state index is 0.210. The molecule has 1 saturated heterocycles. The topological polar surface area (TPSA) is 101 Å². The lowest BCUT2D eigenvalue weighted by Gasteiger charge is -2.44. The minimum atomic E-state index is -1.54. The molecule has 3 aliphatic rings. The van der Waals surface area contributed by atoms with Crippen LogP contribution in [0.3, 0.4) is 0 Å². The number of carbonyl (C=O) groups is 3. The van der Waals surface area contributed by atoms with Crippen molar-refractivity contribution in [2.75, 3.05) is 6.61 Å². The molecule has 4 aromatic carbocycles. The van der Waals surface area contributed by atoms with Gasteiger partial charge in [-0.3, -0.25) is 9.59 Å². The van der Waals surface area contributed by atoms with Gasteiger partial charge in [-0.2, -0.15) is 0 Å². The van der Waals surface area contributed by atoms with E-state index in [-0.39, 0.29) is 17.3 Å². The quantitative estimate of drug-likeness (QED) is 0.128. The molecule has 52 heavy (non-hydrogen) atoms. The van der Waals surface area contributed by atoms with Crippen LogP contribution in [0, 0.1) is 5.41 Å². The van der Waals surface area contributed by atoms with Crippen LogP contribution in [0.15, 0.2) is 120 Å². The molecule has 8 nitrogen and oxygen atoms in total. The Kier molecular flexibility index (Phi) is 7.84. The first kappa shape index (κ1) is 33.4. The van der Waals surface area contributed by atoms with Crippen molar-refractivity contribution in [3.63, 3.8) is 0 Å². The van der Waals surface area contributed by atoms with Crippen LogP contribution in [-0.4, -0.2) is 30.4 Å². The molecule has 1 aromatic heterocycles. The lowest BCUT2D eigenvalue weighted by atomic mass is 9.72. The Morgan fingerprint density at radius 1 is 0.788 bits per heavy atom. The number of hydrogen-bond donors (Lipinski definition) is 0. The van der Waals surface area contributed by atoms with Crippen molar-refractivity contribution in [3.8, 4) is 22.6 Å². The highest BCUT2D eigenvalue weighted by Crippen LogP contribution is 2.55. The van der Waals surface area contributed by atoms with Gasteiger partial charge in [0.15, 0.2) is 17.1 Å². The summed E-state index contributed by atoms with van der Waals surface area (Å²) in [6.45, 7) is 11.5. The van der Waals surface area contributed by atoms with Crippen molar-refractivity contribution in [1.82, 2.24) is 0 Å². The van der Waals surface area contributed by atoms with Crippen LogP contribution in [0.25, 0.3) is 11.1 Å². The highest BCUT2D eigenvalue weighted by molar-refractivity contribution is 6.14. The number of rotatable bonds is 6. The molecular weight excluding hydrogens is 656 g/mol. The van der Waals surface area contributed by atoms with Crippen LogP contribution < -0.4 is 4.74 Å². The Morgan fingerprint density at radius 3 is 2.15 bits per heavy atom. The van der Waals surface area contributed by atoms with Crippen LogP contribution in [0.5, 0.6) is 11.5 Å². The Hall–Kier alpha value is -5.73. The molecule has 8 heteroatoms. The maximum atomic E-state index is 14.3. The molecule has 8 rings (SSSR count). The van der Waals surface area contributed by atoms with Crippen LogP contribution in [0.4, 0.5) is 0 Å². The van der Waals surface area contributed by atoms with Crippen molar-refractivity contribution >= 4 is 17.7 Å². The van der Waals surface area contributed by atoms with E-state index in [1.807, 2.05) is 81.4 Å². The summed E-state index contributed by atoms with van der Waals surface area (Å²) in [5.41, 5.74) is 1.29. The number of carbonyl (C=O) groups excluding carboxylic acids is 3. The molecule has 0 spiro atoms. The lowest BCUT2D eigenvalue weighted by Crippen LogP contribution is -2.48. The predicted molar refractivity (Wildman–Crippen MR) is 193 cm³/mol. The summed E-state index contributed by atoms with van der Waals surface area (Å²) < 4.78 is 31.7. The molecule has 0 saturated carbocycles. The van der Waals surface area contributed by atoms with Gasteiger partial charge in [-0.15, -0.1) is 0 Å². The van der Waals surface area contributed by atoms with Crippen molar-refractivity contribution in [2.45, 2.75) is 57.8 Å². The fourth-order valence-electron chi connectivity index (χ4n) is 7.57. The third kappa shape index (κ3) is 5.04. The highest BCUT2D eigenvalue weighted by Gasteiger charge is 2.55. The zero-order valence-electron chi connectivity index (χ0n) is 29.5. The van der Waals surface area contributed by atoms with Gasteiger partial charge in [-0.1, -0.05) is 73.3 Å². The first-order valence-electron chi connectivity index (χ1n) is 17.4. The Morgan fingerprint density at radius 2 is 1.46 bits per heavy atom. The zero-order valence-corrected chi connectivity index (χ0v) is 29.5. The standard InChI is InChI=1S/C44H38O8/c1-26(2)40(46)51-43(37-16-10-22-48-37)31-13-7-6-12-29(31)39(45)30-24-27(18-20-32(30)43)28-19-21-34-36(25-28)50-35-15-9-8-14-33(35)44(34,38-17-11-23-49-38)52-41(47)42(3,4)5/h6-10,12-16,18-22,24-25,38H,1,11,17,23H2,2-5H3. The number of fused-ring (bicyclic) bond motifs is 4. The number of hydrogen-bond acceptors (Lipinski definition) is 8. The molecule has 2 aliphatic heterocycles. The first-order chi connectivity index (χ1) is 24.9. The summed E-state index contributed by atoms with van der Waals surface area (Å²) >= 11 is 0. The number of esters is 2. The Bertz CT molecular complexity index is 2270. The number of furan rings is 1. The van der Waals surface area contributed by atoms with Crippen LogP contribution >= 0.6 is 0 Å². The van der Waals surface area contributed by atoms with Crippen molar-refractivity contribution in [2.24, 2.45) is 5.41 Å². The maximum absolute atomic E-state index is 14.3. The van der Waals surface area contributed by atoms with E-state index < -0.39 is 28.7 Å². The third-order valence-corrected chi connectivity index (χ3v) is 10.1. The van der Waals surface area contributed by atoms with Gasteiger partial charge >= 0.3 is 11.9 Å². The van der Waals surface area contributed by atoms with E-state index in [2.05, 4.69) is 6.58 Å². The van der Waals surface area contributed by atoms with E-state index in [9.17, 15) is 14.4 Å². The molecule has 3 atom stereocenters. The summed E-state index contributed by atoms with van der Waals surface area (Å²) in [6, 6.07) is 29.4. The second kappa shape index (κ2) is 12.2. The van der Waals surface area contributed by atoms with Gasteiger partial charge < -0.3 is 23.4 Å². The normalized spacial score (nSPS) is 21.5. The van der Waals surface area contributed by atoms with E-state index >= 15 is 0 Å². The van der Waals surface area contributed by atoms with Gasteiger partial charge in [-0.05, 0) is 82.0 Å². The molecule has 0 bridgehead atoms. The molecule has 5 aromatic rings. The average Bonchev–Trinajstić information content (AvgIpc) is 3.89. The first-order valence-corrected chi connectivity index (χ1v) is 17.4. The molecule has 3 heterocycles. The van der Waals surface area contributed by atoms with E-state index in [4.69, 9.17) is 23.4 Å². The summed E-state index contributed by atoms with van der Waals surface area (Å²) in [7, 11) is 0. The molecule has 3 unspecified atom stereocenters. The van der Waals surface area contributed by atoms with Crippen molar-refractivity contribution in [1.29, 1.82) is 0 Å². The van der Waals surface area contributed by atoms with Crippen molar-refractivity contribution < 1.29 is 37.7 Å². The molecule has 262 valence electrons. The van der Waals surface area contributed by atoms with Gasteiger partial charge in [0.2, 0.25) is 5.60 Å². The van der Waals surface area contributed by atoms with Gasteiger partial charge in [-0.25, -0.2) is 4.79 Å². The molecule has 0 N–H and O–H groups in total. The second-order valence-corrected chi connectivity index (χ2v) is 14.6. The van der Waals surface area contributed by atoms with Crippen LogP contribution in [0.2, 0.25) is 0 Å². The van der Waals surface area contributed by atoms with Gasteiger partial charge in [0.05, 0.1) is 11.7 Å². The molecule has 0 radical (unpaired) electrons. The lowest BCUT2D eigenvalue weighted by molar-refractivity contribution is -0.180. The number of para-hydroxylation sites is 1. The SMILES string of the molecule is C=C(C)C(=O)OC1(c2ccco2)c2ccccc2C(=O)c2cc(-c3ccc4c(c3)Oc3ccccc3C4(OC(=O)C(C)(C)C)C3CCCO3)ccc21. The summed E-state index contributed by atoms with van der Waals surface area (Å²) in [6.07, 6.45) is 2.63. The van der Waals surface area contributed by atoms with E-state index in [0.717, 1.165) is 23.1 Å². The third-order valence-electron chi connectivity index (χ3n) is 10.1. The molecule has 1 fully saturated rings. The van der Waals surface area contributed by atoms with E-state index in [1.54, 1.807) is 43.3 Å². The van der Waals surface area contributed by atoms with Gasteiger partial charge in [0.1, 0.15) is 17.6 Å². The smallest absolute Gasteiger partial charge is 0.334 e. The fraction of sp³-hybridized carbons (Fsp3) is 0.250. The highest BCUT2D eigenvalue weighted by atomic mass is 16.6. The Labute approximate surface area is 302 Å². The maximum Gasteiger partial charge on any atom is 0.334 e. The number of benzene rings is 4. The van der Waals surface area contributed by atoms with Gasteiger partial charge in [0.25, 0.3) is 0 Å². The molecular formula is C44H38O8. The molecule has 1 aliphatic carbocycles. The monoisotopic (exact) mass is 694 g/mol. The summed E-state index contributed by atoms with van der Waals surface area (Å²) in [5, 5.41) is 0. The summed E-state index contributed by atoms with van der Waals surface area (Å²) in [5.74, 6) is 0.259. The second-order valence-electron chi connectivity index (χ2n) is 14.6. The average molecular weight is 695 g/mol.